The minimum absolute atomic E-state index is 0.144. The third-order valence-corrected chi connectivity index (χ3v) is 3.55. The molecule has 0 aliphatic rings. The highest BCUT2D eigenvalue weighted by Crippen LogP contribution is 2.30. The van der Waals surface area contributed by atoms with Crippen LogP contribution in [0, 0.1) is 5.82 Å². The number of rotatable bonds is 5. The van der Waals surface area contributed by atoms with Crippen molar-refractivity contribution in [2.75, 3.05) is 13.7 Å². The smallest absolute Gasteiger partial charge is 0.142 e. The molecule has 1 unspecified atom stereocenters. The highest BCUT2D eigenvalue weighted by Gasteiger charge is 2.18. The third kappa shape index (κ3) is 3.11. The number of methoxy groups -OCH3 is 1. The molecule has 2 aromatic rings. The zero-order valence-electron chi connectivity index (χ0n) is 11.5. The highest BCUT2D eigenvalue weighted by molar-refractivity contribution is 6.31. The molecule has 0 saturated heterocycles. The summed E-state index contributed by atoms with van der Waals surface area (Å²) in [6, 6.07) is 12.4. The van der Waals surface area contributed by atoms with Gasteiger partial charge in [-0.2, -0.15) is 0 Å². The summed E-state index contributed by atoms with van der Waals surface area (Å²) in [6.07, 6.45) is 0. The molecule has 1 atom stereocenters. The molecule has 2 rings (SSSR count). The van der Waals surface area contributed by atoms with Crippen LogP contribution >= 0.6 is 11.6 Å². The fourth-order valence-electron chi connectivity index (χ4n) is 2.15. The number of benzene rings is 2. The van der Waals surface area contributed by atoms with Gasteiger partial charge in [-0.1, -0.05) is 42.8 Å². The molecule has 20 heavy (non-hydrogen) atoms. The molecule has 1 N–H and O–H groups in total. The minimum Gasteiger partial charge on any atom is -0.497 e. The lowest BCUT2D eigenvalue weighted by Crippen LogP contribution is -2.22. The average Bonchev–Trinajstić information content (AvgIpc) is 2.48. The van der Waals surface area contributed by atoms with Crippen LogP contribution in [-0.4, -0.2) is 13.7 Å². The molecule has 0 aliphatic carbocycles. The van der Waals surface area contributed by atoms with Crippen molar-refractivity contribution >= 4 is 11.6 Å². The first-order valence-electron chi connectivity index (χ1n) is 6.48. The number of halogens is 2. The van der Waals surface area contributed by atoms with E-state index in [-0.39, 0.29) is 11.1 Å². The van der Waals surface area contributed by atoms with Crippen molar-refractivity contribution in [3.63, 3.8) is 0 Å². The van der Waals surface area contributed by atoms with Gasteiger partial charge in [-0.15, -0.1) is 0 Å². The van der Waals surface area contributed by atoms with Crippen molar-refractivity contribution < 1.29 is 9.13 Å². The number of hydrogen-bond acceptors (Lipinski definition) is 2. The van der Waals surface area contributed by atoms with E-state index in [2.05, 4.69) is 5.32 Å². The Morgan fingerprint density at radius 3 is 2.50 bits per heavy atom. The molecule has 0 amide bonds. The Balaban J connectivity index is 2.41. The number of hydrogen-bond donors (Lipinski definition) is 1. The quantitative estimate of drug-likeness (QED) is 0.892. The molecular formula is C16H17ClFNO. The summed E-state index contributed by atoms with van der Waals surface area (Å²) in [6.45, 7) is 2.76. The van der Waals surface area contributed by atoms with Crippen LogP contribution in [0.3, 0.4) is 0 Å². The van der Waals surface area contributed by atoms with Crippen LogP contribution in [0.25, 0.3) is 0 Å². The first kappa shape index (κ1) is 14.8. The van der Waals surface area contributed by atoms with E-state index in [1.54, 1.807) is 13.2 Å². The Hall–Kier alpha value is -1.58. The standard InChI is InChI=1S/C16H17ClFNO/c1-3-19-16(11-7-9-12(20-2)10-8-11)13-5-4-6-14(18)15(13)17/h4-10,16,19H,3H2,1-2H3. The molecule has 0 saturated carbocycles. The van der Waals surface area contributed by atoms with Crippen LogP contribution < -0.4 is 10.1 Å². The van der Waals surface area contributed by atoms with Crippen LogP contribution in [0.2, 0.25) is 5.02 Å². The monoisotopic (exact) mass is 293 g/mol. The van der Waals surface area contributed by atoms with E-state index in [9.17, 15) is 4.39 Å². The fourth-order valence-corrected chi connectivity index (χ4v) is 2.39. The van der Waals surface area contributed by atoms with E-state index in [4.69, 9.17) is 16.3 Å². The SMILES string of the molecule is CCNC(c1ccc(OC)cc1)c1cccc(F)c1Cl. The lowest BCUT2D eigenvalue weighted by atomic mass is 9.98. The first-order chi connectivity index (χ1) is 9.67. The van der Waals surface area contributed by atoms with E-state index < -0.39 is 5.82 Å². The van der Waals surface area contributed by atoms with E-state index in [0.717, 1.165) is 23.4 Å². The van der Waals surface area contributed by atoms with Crippen LogP contribution in [0.15, 0.2) is 42.5 Å². The van der Waals surface area contributed by atoms with Gasteiger partial charge < -0.3 is 10.1 Å². The van der Waals surface area contributed by atoms with Gasteiger partial charge in [0, 0.05) is 0 Å². The third-order valence-electron chi connectivity index (χ3n) is 3.15. The van der Waals surface area contributed by atoms with Gasteiger partial charge in [0.25, 0.3) is 0 Å². The Morgan fingerprint density at radius 1 is 1.20 bits per heavy atom. The van der Waals surface area contributed by atoms with E-state index in [0.29, 0.717) is 0 Å². The minimum atomic E-state index is -0.402. The predicted octanol–water partition coefficient (Wildman–Crippen LogP) is 4.19. The van der Waals surface area contributed by atoms with Crippen LogP contribution in [0.4, 0.5) is 4.39 Å². The van der Waals surface area contributed by atoms with Crippen molar-refractivity contribution in [1.82, 2.24) is 5.32 Å². The van der Waals surface area contributed by atoms with Crippen LogP contribution in [0.5, 0.6) is 5.75 Å². The van der Waals surface area contributed by atoms with Crippen molar-refractivity contribution in [1.29, 1.82) is 0 Å². The molecule has 0 radical (unpaired) electrons. The topological polar surface area (TPSA) is 21.3 Å². The maximum Gasteiger partial charge on any atom is 0.142 e. The Kier molecular flexibility index (Phi) is 4.99. The summed E-state index contributed by atoms with van der Waals surface area (Å²) in [7, 11) is 1.63. The lowest BCUT2D eigenvalue weighted by Gasteiger charge is -2.20. The van der Waals surface area contributed by atoms with Gasteiger partial charge in [0.2, 0.25) is 0 Å². The first-order valence-corrected chi connectivity index (χ1v) is 6.86. The molecule has 0 bridgehead atoms. The Morgan fingerprint density at radius 2 is 1.90 bits per heavy atom. The summed E-state index contributed by atoms with van der Waals surface area (Å²) < 4.78 is 18.8. The second kappa shape index (κ2) is 6.73. The molecule has 2 nitrogen and oxygen atoms in total. The van der Waals surface area contributed by atoms with Gasteiger partial charge in [-0.05, 0) is 35.9 Å². The Labute approximate surface area is 123 Å². The number of ether oxygens (including phenoxy) is 1. The van der Waals surface area contributed by atoms with Crippen molar-refractivity contribution in [2.45, 2.75) is 13.0 Å². The van der Waals surface area contributed by atoms with E-state index in [1.807, 2.05) is 37.3 Å². The summed E-state index contributed by atoms with van der Waals surface area (Å²) >= 11 is 6.09. The van der Waals surface area contributed by atoms with Crippen LogP contribution in [-0.2, 0) is 0 Å². The summed E-state index contributed by atoms with van der Waals surface area (Å²) in [5.74, 6) is 0.384. The predicted molar refractivity (Wildman–Crippen MR) is 79.9 cm³/mol. The molecule has 0 fully saturated rings. The van der Waals surface area contributed by atoms with Gasteiger partial charge in [-0.3, -0.25) is 0 Å². The summed E-state index contributed by atoms with van der Waals surface area (Å²) in [4.78, 5) is 0. The van der Waals surface area contributed by atoms with E-state index >= 15 is 0 Å². The van der Waals surface area contributed by atoms with Crippen molar-refractivity contribution in [3.05, 3.63) is 64.4 Å². The average molecular weight is 294 g/mol. The summed E-state index contributed by atoms with van der Waals surface area (Å²) in [5.41, 5.74) is 1.75. The highest BCUT2D eigenvalue weighted by atomic mass is 35.5. The zero-order chi connectivity index (χ0) is 14.5. The molecular weight excluding hydrogens is 277 g/mol. The van der Waals surface area contributed by atoms with Gasteiger partial charge in [0.05, 0.1) is 18.2 Å². The molecule has 106 valence electrons. The van der Waals surface area contributed by atoms with Gasteiger partial charge >= 0.3 is 0 Å². The largest absolute Gasteiger partial charge is 0.497 e. The molecule has 2 aromatic carbocycles. The van der Waals surface area contributed by atoms with Crippen LogP contribution in [0.1, 0.15) is 24.1 Å². The summed E-state index contributed by atoms with van der Waals surface area (Å²) in [5, 5.41) is 3.49. The van der Waals surface area contributed by atoms with Gasteiger partial charge in [-0.25, -0.2) is 4.39 Å². The van der Waals surface area contributed by atoms with Crippen molar-refractivity contribution in [3.8, 4) is 5.75 Å². The van der Waals surface area contributed by atoms with Crippen molar-refractivity contribution in [2.24, 2.45) is 0 Å². The molecule has 0 heterocycles. The maximum absolute atomic E-state index is 13.6. The Bertz CT molecular complexity index is 571. The second-order valence-corrected chi connectivity index (χ2v) is 4.78. The number of nitrogens with one attached hydrogen (secondary N) is 1. The fraction of sp³-hybridized carbons (Fsp3) is 0.250. The zero-order valence-corrected chi connectivity index (χ0v) is 12.2. The second-order valence-electron chi connectivity index (χ2n) is 4.41. The lowest BCUT2D eigenvalue weighted by molar-refractivity contribution is 0.414. The molecule has 0 aliphatic heterocycles. The molecule has 4 heteroatoms. The molecule has 0 aromatic heterocycles. The van der Waals surface area contributed by atoms with Gasteiger partial charge in [0.1, 0.15) is 11.6 Å². The van der Waals surface area contributed by atoms with E-state index in [1.165, 1.54) is 6.07 Å². The van der Waals surface area contributed by atoms with Gasteiger partial charge in [0.15, 0.2) is 0 Å². The molecule has 0 spiro atoms. The normalized spacial score (nSPS) is 12.2. The maximum atomic E-state index is 13.6.